The maximum atomic E-state index is 10.8. The highest BCUT2D eigenvalue weighted by atomic mass is 16.5. The first-order chi connectivity index (χ1) is 6.24. The van der Waals surface area contributed by atoms with Gasteiger partial charge >= 0.3 is 0 Å². The monoisotopic (exact) mass is 173 g/mol. The number of terminal acetylenes is 1. The molecule has 0 aliphatic heterocycles. The summed E-state index contributed by atoms with van der Waals surface area (Å²) in [5.74, 6) is 2.56. The van der Waals surface area contributed by atoms with Gasteiger partial charge < -0.3 is 5.21 Å². The van der Waals surface area contributed by atoms with Crippen LogP contribution in [0.3, 0.4) is 0 Å². The first kappa shape index (κ1) is 9.34. The van der Waals surface area contributed by atoms with Crippen molar-refractivity contribution in [1.29, 1.82) is 0 Å². The predicted octanol–water partition coefficient (Wildman–Crippen LogP) is 1.42. The van der Waals surface area contributed by atoms with Crippen molar-refractivity contribution in [3.8, 4) is 12.3 Å². The molecule has 2 nitrogen and oxygen atoms in total. The lowest BCUT2D eigenvalue weighted by Crippen LogP contribution is -2.00. The highest BCUT2D eigenvalue weighted by Crippen LogP contribution is 2.06. The number of hydrogen-bond donors (Lipinski definition) is 0. The van der Waals surface area contributed by atoms with Crippen molar-refractivity contribution in [2.75, 3.05) is 7.05 Å². The van der Waals surface area contributed by atoms with E-state index in [1.165, 1.54) is 13.3 Å². The Morgan fingerprint density at radius 3 is 2.85 bits per heavy atom. The van der Waals surface area contributed by atoms with Gasteiger partial charge in [0.1, 0.15) is 7.05 Å². The molecule has 0 radical (unpaired) electrons. The minimum atomic E-state index is 0.556. The minimum Gasteiger partial charge on any atom is -0.624 e. The van der Waals surface area contributed by atoms with Crippen molar-refractivity contribution in [1.82, 2.24) is 0 Å². The van der Waals surface area contributed by atoms with Crippen molar-refractivity contribution in [3.63, 3.8) is 0 Å². The first-order valence-corrected chi connectivity index (χ1v) is 4.00. The van der Waals surface area contributed by atoms with E-state index in [0.29, 0.717) is 6.42 Å². The van der Waals surface area contributed by atoms with Crippen LogP contribution >= 0.6 is 0 Å². The molecular weight excluding hydrogens is 162 g/mol. The fraction of sp³-hybridized carbons (Fsp3) is 0.182. The molecule has 0 atom stereocenters. The zero-order valence-corrected chi connectivity index (χ0v) is 7.53. The maximum Gasteiger partial charge on any atom is 0.181 e. The SMILES string of the molecule is C#CCc1ccccc1/C=[N+](/C)[O-]. The molecule has 0 fully saturated rings. The van der Waals surface area contributed by atoms with Gasteiger partial charge in [-0.2, -0.15) is 0 Å². The van der Waals surface area contributed by atoms with Gasteiger partial charge in [-0.15, -0.1) is 12.3 Å². The second kappa shape index (κ2) is 4.32. The molecule has 1 rings (SSSR count). The Hall–Kier alpha value is -1.75. The minimum absolute atomic E-state index is 0.556. The van der Waals surface area contributed by atoms with Crippen LogP contribution in [0.5, 0.6) is 0 Å². The molecule has 1 aromatic rings. The highest BCUT2D eigenvalue weighted by molar-refractivity contribution is 5.78. The van der Waals surface area contributed by atoms with Crippen LogP contribution in [0, 0.1) is 17.6 Å². The Labute approximate surface area is 78.1 Å². The molecule has 0 aliphatic rings. The van der Waals surface area contributed by atoms with Gasteiger partial charge in [-0.3, -0.25) is 0 Å². The van der Waals surface area contributed by atoms with E-state index >= 15 is 0 Å². The predicted molar refractivity (Wildman–Crippen MR) is 53.7 cm³/mol. The van der Waals surface area contributed by atoms with Gasteiger partial charge in [0, 0.05) is 12.0 Å². The molecule has 66 valence electrons. The zero-order chi connectivity index (χ0) is 9.68. The van der Waals surface area contributed by atoms with Gasteiger partial charge in [-0.1, -0.05) is 18.2 Å². The summed E-state index contributed by atoms with van der Waals surface area (Å²) < 4.78 is 0.773. The van der Waals surface area contributed by atoms with E-state index in [1.807, 2.05) is 24.3 Å². The van der Waals surface area contributed by atoms with E-state index in [1.54, 1.807) is 0 Å². The van der Waals surface area contributed by atoms with Gasteiger partial charge in [0.2, 0.25) is 0 Å². The van der Waals surface area contributed by atoms with Crippen LogP contribution in [0.15, 0.2) is 24.3 Å². The lowest BCUT2D eigenvalue weighted by molar-refractivity contribution is -0.416. The summed E-state index contributed by atoms with van der Waals surface area (Å²) in [5, 5.41) is 10.8. The van der Waals surface area contributed by atoms with Crippen molar-refractivity contribution in [2.24, 2.45) is 0 Å². The Bertz CT molecular complexity index is 357. The standard InChI is InChI=1S/C11H11NO/c1-3-6-10-7-4-5-8-11(10)9-12(2)13/h1,4-5,7-9H,6H2,2H3/b12-9-. The fourth-order valence-corrected chi connectivity index (χ4v) is 1.13. The molecule has 0 spiro atoms. The van der Waals surface area contributed by atoms with Crippen LogP contribution in [0.2, 0.25) is 0 Å². The third kappa shape index (κ3) is 2.64. The fourth-order valence-electron chi connectivity index (χ4n) is 1.13. The van der Waals surface area contributed by atoms with Gasteiger partial charge in [0.15, 0.2) is 6.21 Å². The van der Waals surface area contributed by atoms with E-state index in [4.69, 9.17) is 6.42 Å². The summed E-state index contributed by atoms with van der Waals surface area (Å²) >= 11 is 0. The lowest BCUT2D eigenvalue weighted by atomic mass is 10.1. The molecular formula is C11H11NO. The van der Waals surface area contributed by atoms with Gasteiger partial charge in [0.05, 0.1) is 0 Å². The van der Waals surface area contributed by atoms with Gasteiger partial charge in [-0.25, -0.2) is 4.74 Å². The molecule has 2 heteroatoms. The highest BCUT2D eigenvalue weighted by Gasteiger charge is 1.99. The second-order valence-electron chi connectivity index (χ2n) is 2.75. The summed E-state index contributed by atoms with van der Waals surface area (Å²) in [7, 11) is 1.45. The van der Waals surface area contributed by atoms with Crippen LogP contribution in [0.4, 0.5) is 0 Å². The van der Waals surface area contributed by atoms with Crippen LogP contribution in [0.25, 0.3) is 0 Å². The Kier molecular flexibility index (Phi) is 3.10. The Morgan fingerprint density at radius 1 is 1.54 bits per heavy atom. The second-order valence-corrected chi connectivity index (χ2v) is 2.75. The van der Waals surface area contributed by atoms with Crippen molar-refractivity contribution < 1.29 is 4.74 Å². The summed E-state index contributed by atoms with van der Waals surface area (Å²) in [6, 6.07) is 7.60. The zero-order valence-electron chi connectivity index (χ0n) is 7.53. The lowest BCUT2D eigenvalue weighted by Gasteiger charge is -2.00. The quantitative estimate of drug-likeness (QED) is 0.218. The van der Waals surface area contributed by atoms with E-state index in [0.717, 1.165) is 15.9 Å². The third-order valence-corrected chi connectivity index (χ3v) is 1.67. The molecule has 0 bridgehead atoms. The third-order valence-electron chi connectivity index (χ3n) is 1.67. The molecule has 0 saturated heterocycles. The van der Waals surface area contributed by atoms with E-state index in [9.17, 15) is 5.21 Å². The van der Waals surface area contributed by atoms with Crippen LogP contribution in [0.1, 0.15) is 11.1 Å². The normalized spacial score (nSPS) is 10.9. The van der Waals surface area contributed by atoms with Gasteiger partial charge in [-0.05, 0) is 11.6 Å². The largest absolute Gasteiger partial charge is 0.624 e. The summed E-state index contributed by atoms with van der Waals surface area (Å²) in [6.07, 6.45) is 7.28. The molecule has 13 heavy (non-hydrogen) atoms. The number of hydroxylamine groups is 1. The number of benzene rings is 1. The molecule has 0 saturated carbocycles. The average molecular weight is 173 g/mol. The van der Waals surface area contributed by atoms with Crippen LogP contribution < -0.4 is 0 Å². The van der Waals surface area contributed by atoms with E-state index < -0.39 is 0 Å². The molecule has 0 N–H and O–H groups in total. The van der Waals surface area contributed by atoms with Crippen LogP contribution in [-0.4, -0.2) is 18.0 Å². The number of rotatable bonds is 2. The Balaban J connectivity index is 3.06. The van der Waals surface area contributed by atoms with Crippen molar-refractivity contribution >= 4 is 6.21 Å². The Morgan fingerprint density at radius 2 is 2.23 bits per heavy atom. The molecule has 1 aromatic carbocycles. The van der Waals surface area contributed by atoms with E-state index in [2.05, 4.69) is 5.92 Å². The smallest absolute Gasteiger partial charge is 0.181 e. The number of nitrogens with zero attached hydrogens (tertiary/aromatic N) is 1. The van der Waals surface area contributed by atoms with Crippen molar-refractivity contribution in [2.45, 2.75) is 6.42 Å². The van der Waals surface area contributed by atoms with Gasteiger partial charge in [0.25, 0.3) is 0 Å². The summed E-state index contributed by atoms with van der Waals surface area (Å²) in [6.45, 7) is 0. The molecule has 0 unspecified atom stereocenters. The summed E-state index contributed by atoms with van der Waals surface area (Å²) in [5.41, 5.74) is 1.89. The number of hydrogen-bond acceptors (Lipinski definition) is 1. The molecule has 0 amide bonds. The van der Waals surface area contributed by atoms with E-state index in [-0.39, 0.29) is 0 Å². The topological polar surface area (TPSA) is 26.1 Å². The van der Waals surface area contributed by atoms with Crippen LogP contribution in [-0.2, 0) is 6.42 Å². The molecule has 0 aromatic heterocycles. The first-order valence-electron chi connectivity index (χ1n) is 4.00. The maximum absolute atomic E-state index is 10.8. The molecule has 0 aliphatic carbocycles. The summed E-state index contributed by atoms with van der Waals surface area (Å²) in [4.78, 5) is 0. The average Bonchev–Trinajstić information content (AvgIpc) is 2.08. The molecule has 0 heterocycles. The van der Waals surface area contributed by atoms with Crippen molar-refractivity contribution in [3.05, 3.63) is 40.6 Å².